The fraction of sp³-hybridized carbons (Fsp3) is 0.227. The highest BCUT2D eigenvalue weighted by atomic mass is 79.9. The summed E-state index contributed by atoms with van der Waals surface area (Å²) in [6.07, 6.45) is 0. The zero-order valence-electron chi connectivity index (χ0n) is 15.9. The first kappa shape index (κ1) is 19.5. The zero-order valence-corrected chi connectivity index (χ0v) is 18.3. The monoisotopic (exact) mass is 484 g/mol. The molecule has 30 heavy (non-hydrogen) atoms. The van der Waals surface area contributed by atoms with Crippen molar-refractivity contribution in [3.05, 3.63) is 69.3 Å². The summed E-state index contributed by atoms with van der Waals surface area (Å²) in [7, 11) is 0. The van der Waals surface area contributed by atoms with Gasteiger partial charge >= 0.3 is 0 Å². The van der Waals surface area contributed by atoms with E-state index in [1.165, 1.54) is 0 Å². The van der Waals surface area contributed by atoms with Crippen LogP contribution in [-0.4, -0.2) is 52.3 Å². The number of para-hydroxylation sites is 1. The molecular weight excluding hydrogens is 468 g/mol. The van der Waals surface area contributed by atoms with E-state index in [0.717, 1.165) is 20.9 Å². The quantitative estimate of drug-likeness (QED) is 0.559. The largest absolute Gasteiger partial charge is 0.324 e. The molecular formula is C22H18BrClN4O2. The third-order valence-electron chi connectivity index (χ3n) is 5.66. The van der Waals surface area contributed by atoms with E-state index in [1.807, 2.05) is 36.4 Å². The molecule has 1 N–H and O–H groups in total. The smallest absolute Gasteiger partial charge is 0.256 e. The maximum absolute atomic E-state index is 13.1. The average Bonchev–Trinajstić information content (AvgIpc) is 2.83. The second-order valence-corrected chi connectivity index (χ2v) is 8.85. The molecule has 0 spiro atoms. The molecule has 5 rings (SSSR count). The van der Waals surface area contributed by atoms with Crippen molar-refractivity contribution in [3.8, 4) is 0 Å². The number of nitrogens with one attached hydrogen (secondary N) is 1. The van der Waals surface area contributed by atoms with Gasteiger partial charge in [0.2, 0.25) is 5.91 Å². The lowest BCUT2D eigenvalue weighted by molar-refractivity contribution is -0.122. The van der Waals surface area contributed by atoms with Gasteiger partial charge in [-0.15, -0.1) is 0 Å². The van der Waals surface area contributed by atoms with Crippen molar-refractivity contribution in [2.75, 3.05) is 25.0 Å². The van der Waals surface area contributed by atoms with Crippen LogP contribution >= 0.6 is 27.5 Å². The number of amides is 2. The average molecular weight is 486 g/mol. The SMILES string of the molecule is O=C1Nc2ccc(Br)cc2C(=O)N2CCN(Cc3cc(Cl)nc4ccccc34)CC12. The second kappa shape index (κ2) is 7.65. The first-order valence-corrected chi connectivity index (χ1v) is 10.8. The molecule has 3 heterocycles. The molecule has 2 amide bonds. The van der Waals surface area contributed by atoms with Crippen molar-refractivity contribution in [3.63, 3.8) is 0 Å². The molecule has 1 atom stereocenters. The van der Waals surface area contributed by atoms with E-state index in [0.29, 0.717) is 42.6 Å². The number of fused-ring (bicyclic) bond motifs is 3. The summed E-state index contributed by atoms with van der Waals surface area (Å²) in [6.45, 7) is 2.25. The first-order valence-electron chi connectivity index (χ1n) is 9.67. The summed E-state index contributed by atoms with van der Waals surface area (Å²) in [6, 6.07) is 14.6. The topological polar surface area (TPSA) is 65.5 Å². The third kappa shape index (κ3) is 3.47. The van der Waals surface area contributed by atoms with Gasteiger partial charge in [0.15, 0.2) is 0 Å². The van der Waals surface area contributed by atoms with Crippen LogP contribution in [0.25, 0.3) is 10.9 Å². The number of piperazine rings is 1. The Bertz CT molecular complexity index is 1190. The lowest BCUT2D eigenvalue weighted by atomic mass is 10.1. The van der Waals surface area contributed by atoms with Crippen LogP contribution in [0.2, 0.25) is 5.15 Å². The van der Waals surface area contributed by atoms with Crippen molar-refractivity contribution in [2.45, 2.75) is 12.6 Å². The van der Waals surface area contributed by atoms with Crippen LogP contribution in [0.5, 0.6) is 0 Å². The van der Waals surface area contributed by atoms with Gasteiger partial charge in [-0.25, -0.2) is 4.98 Å². The van der Waals surface area contributed by atoms with Crippen LogP contribution < -0.4 is 5.32 Å². The van der Waals surface area contributed by atoms with E-state index in [4.69, 9.17) is 11.6 Å². The van der Waals surface area contributed by atoms with Gasteiger partial charge in [-0.3, -0.25) is 14.5 Å². The van der Waals surface area contributed by atoms with E-state index in [1.54, 1.807) is 17.0 Å². The van der Waals surface area contributed by atoms with Crippen LogP contribution in [-0.2, 0) is 11.3 Å². The third-order valence-corrected chi connectivity index (χ3v) is 6.35. The molecule has 2 aromatic carbocycles. The van der Waals surface area contributed by atoms with Gasteiger partial charge in [-0.2, -0.15) is 0 Å². The predicted molar refractivity (Wildman–Crippen MR) is 120 cm³/mol. The minimum Gasteiger partial charge on any atom is -0.324 e. The summed E-state index contributed by atoms with van der Waals surface area (Å²) >= 11 is 9.64. The summed E-state index contributed by atoms with van der Waals surface area (Å²) in [4.78, 5) is 34.3. The lowest BCUT2D eigenvalue weighted by Crippen LogP contribution is -2.58. The maximum atomic E-state index is 13.1. The van der Waals surface area contributed by atoms with Crippen LogP contribution in [0.15, 0.2) is 53.0 Å². The molecule has 2 aliphatic heterocycles. The Balaban J connectivity index is 1.42. The molecule has 0 radical (unpaired) electrons. The van der Waals surface area contributed by atoms with Crippen molar-refractivity contribution >= 4 is 55.9 Å². The Morgan fingerprint density at radius 2 is 1.97 bits per heavy atom. The van der Waals surface area contributed by atoms with Crippen molar-refractivity contribution < 1.29 is 9.59 Å². The van der Waals surface area contributed by atoms with Crippen molar-refractivity contribution in [2.24, 2.45) is 0 Å². The van der Waals surface area contributed by atoms with Gasteiger partial charge in [0.05, 0.1) is 16.8 Å². The van der Waals surface area contributed by atoms with Gasteiger partial charge in [-0.05, 0) is 35.9 Å². The standard InChI is InChI=1S/C22H18BrClN4O2/c23-14-5-6-18-16(10-14)22(30)28-8-7-27(12-19(28)21(29)26-18)11-13-9-20(24)25-17-4-2-1-3-15(13)17/h1-6,9-10,19H,7-8,11-12H2,(H,26,29). The zero-order chi connectivity index (χ0) is 20.8. The first-order chi connectivity index (χ1) is 14.5. The van der Waals surface area contributed by atoms with Crippen LogP contribution in [0.3, 0.4) is 0 Å². The molecule has 2 aliphatic rings. The van der Waals surface area contributed by atoms with Gasteiger partial charge in [0.25, 0.3) is 5.91 Å². The summed E-state index contributed by atoms with van der Waals surface area (Å²) in [5.74, 6) is -0.279. The number of rotatable bonds is 2. The van der Waals surface area contributed by atoms with E-state index < -0.39 is 6.04 Å². The molecule has 1 saturated heterocycles. The molecule has 0 saturated carbocycles. The minimum atomic E-state index is -0.541. The number of pyridine rings is 1. The number of benzene rings is 2. The summed E-state index contributed by atoms with van der Waals surface area (Å²) in [5.41, 5.74) is 2.98. The molecule has 0 aliphatic carbocycles. The molecule has 1 aromatic heterocycles. The number of anilines is 1. The molecule has 6 nitrogen and oxygen atoms in total. The Morgan fingerprint density at radius 3 is 2.83 bits per heavy atom. The number of carbonyl (C=O) groups is 2. The van der Waals surface area contributed by atoms with Crippen LogP contribution in [0, 0.1) is 0 Å². The Kier molecular flexibility index (Phi) is 4.97. The molecule has 1 fully saturated rings. The normalized spacial score (nSPS) is 19.3. The van der Waals surface area contributed by atoms with Gasteiger partial charge < -0.3 is 10.2 Å². The maximum Gasteiger partial charge on any atom is 0.256 e. The Hall–Kier alpha value is -2.48. The number of carbonyl (C=O) groups excluding carboxylic acids is 2. The molecule has 8 heteroatoms. The summed E-state index contributed by atoms with van der Waals surface area (Å²) < 4.78 is 0.808. The van der Waals surface area contributed by atoms with Gasteiger partial charge in [0, 0.05) is 36.0 Å². The number of nitrogens with zero attached hydrogens (tertiary/aromatic N) is 3. The van der Waals surface area contributed by atoms with E-state index in [9.17, 15) is 9.59 Å². The molecule has 1 unspecified atom stereocenters. The van der Waals surface area contributed by atoms with Crippen molar-refractivity contribution in [1.82, 2.24) is 14.8 Å². The highest BCUT2D eigenvalue weighted by Gasteiger charge is 2.39. The van der Waals surface area contributed by atoms with E-state index in [2.05, 4.69) is 31.1 Å². The lowest BCUT2D eigenvalue weighted by Gasteiger charge is -2.39. The van der Waals surface area contributed by atoms with Crippen LogP contribution in [0.4, 0.5) is 5.69 Å². The molecule has 0 bridgehead atoms. The predicted octanol–water partition coefficient (Wildman–Crippen LogP) is 3.93. The van der Waals surface area contributed by atoms with E-state index in [-0.39, 0.29) is 11.8 Å². The highest BCUT2D eigenvalue weighted by Crippen LogP contribution is 2.29. The molecule has 3 aromatic rings. The number of halogens is 2. The molecule has 152 valence electrons. The van der Waals surface area contributed by atoms with E-state index >= 15 is 0 Å². The van der Waals surface area contributed by atoms with Gasteiger partial charge in [-0.1, -0.05) is 45.7 Å². The summed E-state index contributed by atoms with van der Waals surface area (Å²) in [5, 5.41) is 4.42. The fourth-order valence-corrected chi connectivity index (χ4v) is 4.79. The van der Waals surface area contributed by atoms with Crippen molar-refractivity contribution in [1.29, 1.82) is 0 Å². The van der Waals surface area contributed by atoms with Gasteiger partial charge in [0.1, 0.15) is 11.2 Å². The number of aromatic nitrogens is 1. The Labute approximate surface area is 186 Å². The fourth-order valence-electron chi connectivity index (χ4n) is 4.21. The number of hydrogen-bond donors (Lipinski definition) is 1. The highest BCUT2D eigenvalue weighted by molar-refractivity contribution is 9.10. The second-order valence-electron chi connectivity index (χ2n) is 7.55. The number of hydrogen-bond acceptors (Lipinski definition) is 4. The Morgan fingerprint density at radius 1 is 1.13 bits per heavy atom. The minimum absolute atomic E-state index is 0.119. The van der Waals surface area contributed by atoms with Crippen LogP contribution in [0.1, 0.15) is 15.9 Å².